The number of thioether (sulfide) groups is 1. The van der Waals surface area contributed by atoms with Crippen LogP contribution in [0.5, 0.6) is 0 Å². The molecule has 0 saturated carbocycles. The van der Waals surface area contributed by atoms with Gasteiger partial charge < -0.3 is 14.6 Å². The summed E-state index contributed by atoms with van der Waals surface area (Å²) in [6.07, 6.45) is 3.25. The molecule has 1 atom stereocenters. The first kappa shape index (κ1) is 20.6. The van der Waals surface area contributed by atoms with Crippen molar-refractivity contribution >= 4 is 33.4 Å². The molecule has 2 aromatic rings. The number of ether oxygens (including phenoxy) is 1. The number of hydrogen-bond acceptors (Lipinski definition) is 7. The molecule has 1 aromatic carbocycles. The van der Waals surface area contributed by atoms with E-state index in [1.54, 1.807) is 28.8 Å². The van der Waals surface area contributed by atoms with Gasteiger partial charge in [-0.2, -0.15) is 0 Å². The molecule has 152 valence electrons. The third kappa shape index (κ3) is 5.69. The van der Waals surface area contributed by atoms with Gasteiger partial charge >= 0.3 is 0 Å². The van der Waals surface area contributed by atoms with Gasteiger partial charge in [0.15, 0.2) is 11.0 Å². The summed E-state index contributed by atoms with van der Waals surface area (Å²) in [6.45, 7) is 1.31. The van der Waals surface area contributed by atoms with Crippen LogP contribution in [0.25, 0.3) is 11.4 Å². The number of sulfonamides is 1. The van der Waals surface area contributed by atoms with Crippen LogP contribution in [-0.2, 0) is 26.6 Å². The van der Waals surface area contributed by atoms with Crippen molar-refractivity contribution < 1.29 is 17.9 Å². The first-order valence-electron chi connectivity index (χ1n) is 8.80. The SMILES string of the molecule is Cn1c(SCC(=O)NC[C@H]2CCCO2)nnc1-c1ccc(NS(C)(=O)=O)cc1. The zero-order valence-corrected chi connectivity index (χ0v) is 17.3. The molecule has 0 spiro atoms. The molecular formula is C17H23N5O4S2. The fourth-order valence-corrected chi connectivity index (χ4v) is 4.11. The third-order valence-electron chi connectivity index (χ3n) is 4.16. The molecule has 28 heavy (non-hydrogen) atoms. The van der Waals surface area contributed by atoms with Crippen molar-refractivity contribution in [1.82, 2.24) is 20.1 Å². The summed E-state index contributed by atoms with van der Waals surface area (Å²) in [7, 11) is -1.49. The number of amides is 1. The highest BCUT2D eigenvalue weighted by atomic mass is 32.2. The Hall–Kier alpha value is -2.11. The highest BCUT2D eigenvalue weighted by molar-refractivity contribution is 7.99. The van der Waals surface area contributed by atoms with Crippen molar-refractivity contribution in [2.75, 3.05) is 29.9 Å². The Labute approximate surface area is 168 Å². The molecule has 1 saturated heterocycles. The monoisotopic (exact) mass is 425 g/mol. The second-order valence-corrected chi connectivity index (χ2v) is 9.24. The zero-order chi connectivity index (χ0) is 20.1. The molecule has 0 bridgehead atoms. The molecule has 2 N–H and O–H groups in total. The molecule has 0 radical (unpaired) electrons. The zero-order valence-electron chi connectivity index (χ0n) is 15.7. The van der Waals surface area contributed by atoms with E-state index in [2.05, 4.69) is 20.2 Å². The molecule has 1 aliphatic heterocycles. The Balaban J connectivity index is 1.56. The van der Waals surface area contributed by atoms with E-state index < -0.39 is 10.0 Å². The lowest BCUT2D eigenvalue weighted by molar-refractivity contribution is -0.119. The second-order valence-electron chi connectivity index (χ2n) is 6.54. The van der Waals surface area contributed by atoms with Gasteiger partial charge in [0, 0.05) is 31.5 Å². The average Bonchev–Trinajstić information content (AvgIpc) is 3.27. The maximum Gasteiger partial charge on any atom is 0.230 e. The smallest absolute Gasteiger partial charge is 0.230 e. The molecule has 9 nitrogen and oxygen atoms in total. The van der Waals surface area contributed by atoms with Crippen molar-refractivity contribution in [1.29, 1.82) is 0 Å². The van der Waals surface area contributed by atoms with E-state index in [0.29, 0.717) is 23.2 Å². The summed E-state index contributed by atoms with van der Waals surface area (Å²) in [5.41, 5.74) is 1.27. The van der Waals surface area contributed by atoms with E-state index in [9.17, 15) is 13.2 Å². The van der Waals surface area contributed by atoms with Crippen molar-refractivity contribution in [3.63, 3.8) is 0 Å². The van der Waals surface area contributed by atoms with Gasteiger partial charge in [0.25, 0.3) is 0 Å². The minimum Gasteiger partial charge on any atom is -0.376 e. The van der Waals surface area contributed by atoms with Crippen LogP contribution in [-0.4, -0.2) is 60.4 Å². The Bertz CT molecular complexity index is 922. The number of carbonyl (C=O) groups is 1. The summed E-state index contributed by atoms with van der Waals surface area (Å²) < 4.78 is 32.3. The second kappa shape index (κ2) is 8.93. The minimum atomic E-state index is -3.32. The van der Waals surface area contributed by atoms with Crippen molar-refractivity contribution in [3.05, 3.63) is 24.3 Å². The number of aromatic nitrogens is 3. The number of carbonyl (C=O) groups excluding carboxylic acids is 1. The molecule has 1 aliphatic rings. The highest BCUT2D eigenvalue weighted by Crippen LogP contribution is 2.24. The maximum atomic E-state index is 12.0. The van der Waals surface area contributed by atoms with E-state index >= 15 is 0 Å². The van der Waals surface area contributed by atoms with Crippen LogP contribution in [0, 0.1) is 0 Å². The number of nitrogens with zero attached hydrogens (tertiary/aromatic N) is 3. The lowest BCUT2D eigenvalue weighted by atomic mass is 10.2. The topological polar surface area (TPSA) is 115 Å². The number of anilines is 1. The molecule has 0 unspecified atom stereocenters. The van der Waals surface area contributed by atoms with Crippen LogP contribution in [0.1, 0.15) is 12.8 Å². The van der Waals surface area contributed by atoms with E-state index in [1.165, 1.54) is 11.8 Å². The lowest BCUT2D eigenvalue weighted by Gasteiger charge is -2.10. The van der Waals surface area contributed by atoms with Crippen LogP contribution >= 0.6 is 11.8 Å². The fourth-order valence-electron chi connectivity index (χ4n) is 2.81. The van der Waals surface area contributed by atoms with Crippen molar-refractivity contribution in [3.8, 4) is 11.4 Å². The van der Waals surface area contributed by atoms with Gasteiger partial charge in [0.05, 0.1) is 18.1 Å². The number of benzene rings is 1. The van der Waals surface area contributed by atoms with Crippen molar-refractivity contribution in [2.24, 2.45) is 7.05 Å². The van der Waals surface area contributed by atoms with Gasteiger partial charge in [0.1, 0.15) is 0 Å². The summed E-state index contributed by atoms with van der Waals surface area (Å²) in [6, 6.07) is 6.85. The predicted molar refractivity (Wildman–Crippen MR) is 108 cm³/mol. The normalized spacial score (nSPS) is 16.9. The largest absolute Gasteiger partial charge is 0.376 e. The van der Waals surface area contributed by atoms with Crippen molar-refractivity contribution in [2.45, 2.75) is 24.1 Å². The standard InChI is InChI=1S/C17H23N5O4S2/c1-22-16(12-5-7-13(8-6-12)21-28(2,24)25)19-20-17(22)27-11-15(23)18-10-14-4-3-9-26-14/h5-8,14,21H,3-4,9-11H2,1-2H3,(H,18,23)/t14-/m1/s1. The Morgan fingerprint density at radius 2 is 2.07 bits per heavy atom. The summed E-state index contributed by atoms with van der Waals surface area (Å²) in [4.78, 5) is 12.0. The quantitative estimate of drug-likeness (QED) is 0.612. The van der Waals surface area contributed by atoms with Crippen LogP contribution < -0.4 is 10.0 Å². The lowest BCUT2D eigenvalue weighted by Crippen LogP contribution is -2.32. The predicted octanol–water partition coefficient (Wildman–Crippen LogP) is 1.24. The third-order valence-corrected chi connectivity index (χ3v) is 5.79. The van der Waals surface area contributed by atoms with Gasteiger partial charge in [-0.05, 0) is 37.1 Å². The van der Waals surface area contributed by atoms with E-state index in [0.717, 1.165) is 31.3 Å². The van der Waals surface area contributed by atoms with Crippen LogP contribution in [0.2, 0.25) is 0 Å². The van der Waals surface area contributed by atoms with Crippen LogP contribution in [0.3, 0.4) is 0 Å². The first-order valence-corrected chi connectivity index (χ1v) is 11.7. The molecule has 1 fully saturated rings. The Morgan fingerprint density at radius 3 is 2.71 bits per heavy atom. The first-order chi connectivity index (χ1) is 13.3. The minimum absolute atomic E-state index is 0.0683. The Kier molecular flexibility index (Phi) is 6.57. The number of nitrogens with one attached hydrogen (secondary N) is 2. The summed E-state index contributed by atoms with van der Waals surface area (Å²) >= 11 is 1.31. The van der Waals surface area contributed by atoms with Crippen LogP contribution in [0.4, 0.5) is 5.69 Å². The van der Waals surface area contributed by atoms with E-state index in [-0.39, 0.29) is 17.8 Å². The Morgan fingerprint density at radius 1 is 1.32 bits per heavy atom. The summed E-state index contributed by atoms with van der Waals surface area (Å²) in [5.74, 6) is 0.810. The molecule has 2 heterocycles. The summed E-state index contributed by atoms with van der Waals surface area (Å²) in [5, 5.41) is 11.8. The average molecular weight is 426 g/mol. The molecule has 1 aromatic heterocycles. The van der Waals surface area contributed by atoms with Gasteiger partial charge in [-0.25, -0.2) is 8.42 Å². The van der Waals surface area contributed by atoms with E-state index in [4.69, 9.17) is 4.74 Å². The van der Waals surface area contributed by atoms with Crippen LogP contribution in [0.15, 0.2) is 29.4 Å². The van der Waals surface area contributed by atoms with Gasteiger partial charge in [-0.1, -0.05) is 11.8 Å². The number of hydrogen-bond donors (Lipinski definition) is 2. The van der Waals surface area contributed by atoms with Gasteiger partial charge in [-0.3, -0.25) is 9.52 Å². The van der Waals surface area contributed by atoms with E-state index in [1.807, 2.05) is 7.05 Å². The number of rotatable bonds is 8. The molecule has 1 amide bonds. The van der Waals surface area contributed by atoms with Gasteiger partial charge in [-0.15, -0.1) is 10.2 Å². The maximum absolute atomic E-state index is 12.0. The fraction of sp³-hybridized carbons (Fsp3) is 0.471. The molecule has 0 aliphatic carbocycles. The molecule has 11 heteroatoms. The molecule has 3 rings (SSSR count). The highest BCUT2D eigenvalue weighted by Gasteiger charge is 2.17. The van der Waals surface area contributed by atoms with Gasteiger partial charge in [0.2, 0.25) is 15.9 Å². The molecular weight excluding hydrogens is 402 g/mol.